The summed E-state index contributed by atoms with van der Waals surface area (Å²) in [7, 11) is 14.5. The molecule has 2 heterocycles. The van der Waals surface area contributed by atoms with E-state index in [2.05, 4.69) is 0 Å². The fourth-order valence-corrected chi connectivity index (χ4v) is 4.13. The van der Waals surface area contributed by atoms with Crippen LogP contribution < -0.4 is 4.89 Å². The zero-order chi connectivity index (χ0) is 17.0. The highest BCUT2D eigenvalue weighted by molar-refractivity contribution is 8.06. The van der Waals surface area contributed by atoms with Crippen LogP contribution in [0.4, 0.5) is 0 Å². The zero-order valence-corrected chi connectivity index (χ0v) is 14.9. The number of hydrogen-bond acceptors (Lipinski definition) is 8. The molecule has 0 amide bonds. The van der Waals surface area contributed by atoms with Crippen LogP contribution in [0.2, 0.25) is 0 Å². The fraction of sp³-hybridized carbons (Fsp3) is 1.00. The summed E-state index contributed by atoms with van der Waals surface area (Å²) in [6, 6.07) is -0.949. The van der Waals surface area contributed by atoms with Gasteiger partial charge in [-0.05, 0) is 12.8 Å². The minimum atomic E-state index is -3.72. The fourth-order valence-electron chi connectivity index (χ4n) is 2.67. The van der Waals surface area contributed by atoms with Gasteiger partial charge in [0.1, 0.15) is 34.6 Å². The van der Waals surface area contributed by atoms with Crippen LogP contribution in [0.1, 0.15) is 12.8 Å². The van der Waals surface area contributed by atoms with Gasteiger partial charge in [-0.1, -0.05) is 11.8 Å². The van der Waals surface area contributed by atoms with Crippen molar-refractivity contribution in [2.24, 2.45) is 0 Å². The Bertz CT molecular complexity index is 432. The molecule has 0 aromatic heterocycles. The third kappa shape index (κ3) is 5.76. The van der Waals surface area contributed by atoms with Gasteiger partial charge in [0.25, 0.3) is 0 Å². The third-order valence-electron chi connectivity index (χ3n) is 3.75. The van der Waals surface area contributed by atoms with Crippen LogP contribution in [0.3, 0.4) is 0 Å². The Balaban J connectivity index is 1.85. The molecule has 11 heteroatoms. The Morgan fingerprint density at radius 3 is 2.22 bits per heavy atom. The average molecular weight is 361 g/mol. The first-order valence-electron chi connectivity index (χ1n) is 7.32. The quantitative estimate of drug-likeness (QED) is 0.411. The standard InChI is InChI=1S/C12H21B2O7PS/c1-16-5-9-8(4-12(14)19-9)21-22(15,23)18-6-10-7(17-2)3-11(13)20-10/h7-12H,3-6H2,1-2H3,(H,15,23)/p-1. The molecule has 7 unspecified atom stereocenters. The predicted octanol–water partition coefficient (Wildman–Crippen LogP) is -0.799. The molecule has 2 saturated heterocycles. The summed E-state index contributed by atoms with van der Waals surface area (Å²) in [5.41, 5.74) is 0. The van der Waals surface area contributed by atoms with E-state index in [0.29, 0.717) is 12.8 Å². The monoisotopic (exact) mass is 361 g/mol. The molecule has 2 fully saturated rings. The second-order valence-electron chi connectivity index (χ2n) is 5.51. The van der Waals surface area contributed by atoms with E-state index < -0.39 is 37.0 Å². The summed E-state index contributed by atoms with van der Waals surface area (Å²) in [6.45, 7) is -3.48. The number of methoxy groups -OCH3 is 2. The average Bonchev–Trinajstić information content (AvgIpc) is 2.99. The Kier molecular flexibility index (Phi) is 7.53. The van der Waals surface area contributed by atoms with E-state index in [1.807, 2.05) is 0 Å². The van der Waals surface area contributed by atoms with Gasteiger partial charge in [-0.15, -0.1) is 0 Å². The normalized spacial score (nSPS) is 40.3. The van der Waals surface area contributed by atoms with Gasteiger partial charge in [-0.2, -0.15) is 0 Å². The summed E-state index contributed by atoms with van der Waals surface area (Å²) in [5.74, 6) is 0. The maximum atomic E-state index is 12.4. The molecule has 0 spiro atoms. The maximum absolute atomic E-state index is 12.4. The molecule has 2 aliphatic rings. The lowest BCUT2D eigenvalue weighted by atomic mass is 9.96. The van der Waals surface area contributed by atoms with Gasteiger partial charge in [0.05, 0.1) is 25.4 Å². The van der Waals surface area contributed by atoms with Gasteiger partial charge < -0.3 is 32.9 Å². The zero-order valence-electron chi connectivity index (χ0n) is 13.2. The molecular weight excluding hydrogens is 341 g/mol. The van der Waals surface area contributed by atoms with E-state index in [0.717, 1.165) is 0 Å². The second-order valence-corrected chi connectivity index (χ2v) is 8.22. The Labute approximate surface area is 144 Å². The summed E-state index contributed by atoms with van der Waals surface area (Å²) < 4.78 is 31.8. The van der Waals surface area contributed by atoms with Crippen LogP contribution >= 0.6 is 6.72 Å². The van der Waals surface area contributed by atoms with E-state index in [9.17, 15) is 4.89 Å². The van der Waals surface area contributed by atoms with Crippen LogP contribution in [0.5, 0.6) is 0 Å². The van der Waals surface area contributed by atoms with Gasteiger partial charge >= 0.3 is 0 Å². The summed E-state index contributed by atoms with van der Waals surface area (Å²) in [6.07, 6.45) is -0.745. The van der Waals surface area contributed by atoms with Crippen LogP contribution in [0.25, 0.3) is 0 Å². The molecule has 0 saturated carbocycles. The van der Waals surface area contributed by atoms with Crippen LogP contribution in [-0.4, -0.2) is 79.5 Å². The van der Waals surface area contributed by atoms with Crippen LogP contribution in [-0.2, 0) is 39.8 Å². The molecule has 0 N–H and O–H groups in total. The van der Waals surface area contributed by atoms with Crippen molar-refractivity contribution in [1.29, 1.82) is 0 Å². The van der Waals surface area contributed by atoms with E-state index in [1.54, 1.807) is 7.11 Å². The van der Waals surface area contributed by atoms with E-state index in [4.69, 9.17) is 55.5 Å². The smallest absolute Gasteiger partial charge is 0.116 e. The predicted molar refractivity (Wildman–Crippen MR) is 85.8 cm³/mol. The lowest BCUT2D eigenvalue weighted by Gasteiger charge is -2.33. The number of hydrogen-bond donors (Lipinski definition) is 0. The summed E-state index contributed by atoms with van der Waals surface area (Å²) in [5, 5.41) is 0. The van der Waals surface area contributed by atoms with Crippen molar-refractivity contribution in [2.45, 2.75) is 49.3 Å². The topological polar surface area (TPSA) is 78.4 Å². The van der Waals surface area contributed by atoms with Crippen molar-refractivity contribution >= 4 is 34.2 Å². The lowest BCUT2D eigenvalue weighted by Crippen LogP contribution is -2.32. The highest BCUT2D eigenvalue weighted by Crippen LogP contribution is 2.44. The lowest BCUT2D eigenvalue weighted by molar-refractivity contribution is -0.215. The summed E-state index contributed by atoms with van der Waals surface area (Å²) >= 11 is 4.94. The molecule has 4 radical (unpaired) electrons. The summed E-state index contributed by atoms with van der Waals surface area (Å²) in [4.78, 5) is 12.4. The highest BCUT2D eigenvalue weighted by Gasteiger charge is 2.36. The minimum Gasteiger partial charge on any atom is -0.780 e. The van der Waals surface area contributed by atoms with Crippen molar-refractivity contribution in [3.63, 3.8) is 0 Å². The van der Waals surface area contributed by atoms with E-state index in [-0.39, 0.29) is 19.3 Å². The molecule has 0 bridgehead atoms. The van der Waals surface area contributed by atoms with Crippen molar-refractivity contribution in [2.75, 3.05) is 27.4 Å². The molecule has 2 rings (SSSR count). The molecule has 0 aromatic rings. The molecule has 7 atom stereocenters. The number of rotatable bonds is 8. The van der Waals surface area contributed by atoms with Crippen LogP contribution in [0, 0.1) is 0 Å². The van der Waals surface area contributed by atoms with Crippen molar-refractivity contribution < 1.29 is 32.9 Å². The molecule has 23 heavy (non-hydrogen) atoms. The third-order valence-corrected chi connectivity index (χ3v) is 5.32. The van der Waals surface area contributed by atoms with Crippen molar-refractivity contribution in [3.05, 3.63) is 0 Å². The van der Waals surface area contributed by atoms with Gasteiger partial charge in [0.2, 0.25) is 0 Å². The maximum Gasteiger partial charge on any atom is 0.116 e. The molecule has 0 aliphatic carbocycles. The minimum absolute atomic E-state index is 0.0262. The van der Waals surface area contributed by atoms with Gasteiger partial charge in [0.15, 0.2) is 0 Å². The van der Waals surface area contributed by atoms with E-state index in [1.165, 1.54) is 7.11 Å². The highest BCUT2D eigenvalue weighted by atomic mass is 32.5. The molecular formula is C12H20B2O7PS-. The SMILES string of the molecule is [B]C1CC(OC)C(COP([O-])(=S)OC2CC([B])OC2COC)O1. The first-order chi connectivity index (χ1) is 10.8. The second kappa shape index (κ2) is 8.74. The first-order valence-corrected chi connectivity index (χ1v) is 9.88. The molecule has 7 nitrogen and oxygen atoms in total. The molecule has 0 aromatic carbocycles. The van der Waals surface area contributed by atoms with E-state index >= 15 is 0 Å². The largest absolute Gasteiger partial charge is 0.780 e. The Morgan fingerprint density at radius 1 is 1.09 bits per heavy atom. The molecule has 128 valence electrons. The molecule has 2 aliphatic heterocycles. The van der Waals surface area contributed by atoms with Gasteiger partial charge in [0, 0.05) is 26.2 Å². The Morgan fingerprint density at radius 2 is 1.65 bits per heavy atom. The van der Waals surface area contributed by atoms with Gasteiger partial charge in [-0.25, -0.2) is 0 Å². The van der Waals surface area contributed by atoms with Crippen LogP contribution in [0.15, 0.2) is 0 Å². The first kappa shape index (κ1) is 19.8. The van der Waals surface area contributed by atoms with Crippen molar-refractivity contribution in [1.82, 2.24) is 0 Å². The van der Waals surface area contributed by atoms with Crippen molar-refractivity contribution in [3.8, 4) is 0 Å². The Hall–Kier alpha value is 0.500. The van der Waals surface area contributed by atoms with Gasteiger partial charge in [-0.3, -0.25) is 0 Å². The number of ether oxygens (including phenoxy) is 4.